The third kappa shape index (κ3) is 4.77. The first kappa shape index (κ1) is 20.9. The first-order chi connectivity index (χ1) is 13.3. The zero-order valence-electron chi connectivity index (χ0n) is 16.6. The highest BCUT2D eigenvalue weighted by molar-refractivity contribution is 14.0. The predicted molar refractivity (Wildman–Crippen MR) is 127 cm³/mol. The molecule has 0 bridgehead atoms. The summed E-state index contributed by atoms with van der Waals surface area (Å²) in [6.45, 7) is 4.85. The molecule has 28 heavy (non-hydrogen) atoms. The van der Waals surface area contributed by atoms with Gasteiger partial charge in [0.25, 0.3) is 0 Å². The Kier molecular flexibility index (Phi) is 7.53. The van der Waals surface area contributed by atoms with Crippen molar-refractivity contribution < 1.29 is 0 Å². The molecule has 1 unspecified atom stereocenters. The van der Waals surface area contributed by atoms with Crippen LogP contribution >= 0.6 is 24.0 Å². The van der Waals surface area contributed by atoms with Gasteiger partial charge in [-0.2, -0.15) is 0 Å². The molecule has 1 fully saturated rings. The lowest BCUT2D eigenvalue weighted by atomic mass is 9.83. The zero-order chi connectivity index (χ0) is 18.5. The largest absolute Gasteiger partial charge is 0.356 e. The number of piperazine rings is 1. The van der Waals surface area contributed by atoms with E-state index < -0.39 is 0 Å². The Bertz CT molecular complexity index is 772. The van der Waals surface area contributed by atoms with Crippen LogP contribution in [-0.2, 0) is 6.42 Å². The van der Waals surface area contributed by atoms with Gasteiger partial charge in [-0.3, -0.25) is 4.99 Å². The molecule has 2 heterocycles. The number of aromatic nitrogens is 1. The van der Waals surface area contributed by atoms with E-state index in [2.05, 4.69) is 61.5 Å². The minimum absolute atomic E-state index is 0. The van der Waals surface area contributed by atoms with Crippen molar-refractivity contribution in [1.29, 1.82) is 0 Å². The quantitative estimate of drug-likeness (QED) is 0.406. The molecule has 5 nitrogen and oxygen atoms in total. The Hall–Kier alpha value is -1.83. The second-order valence-corrected chi connectivity index (χ2v) is 7.38. The van der Waals surface area contributed by atoms with Gasteiger partial charge in [-0.25, -0.2) is 4.98 Å². The van der Waals surface area contributed by atoms with Gasteiger partial charge in [-0.05, 0) is 42.5 Å². The molecular weight excluding hydrogens is 461 g/mol. The summed E-state index contributed by atoms with van der Waals surface area (Å²) in [5.74, 6) is 2.68. The maximum atomic E-state index is 4.55. The summed E-state index contributed by atoms with van der Waals surface area (Å²) in [5.41, 5.74) is 3.04. The van der Waals surface area contributed by atoms with Gasteiger partial charge in [-0.1, -0.05) is 30.3 Å². The number of hydrogen-bond donors (Lipinski definition) is 1. The summed E-state index contributed by atoms with van der Waals surface area (Å²) >= 11 is 0. The number of fused-ring (bicyclic) bond motifs is 1. The van der Waals surface area contributed by atoms with Crippen LogP contribution in [0.15, 0.2) is 53.7 Å². The fourth-order valence-corrected chi connectivity index (χ4v) is 4.30. The lowest BCUT2D eigenvalue weighted by Crippen LogP contribution is -2.53. The van der Waals surface area contributed by atoms with Crippen LogP contribution < -0.4 is 10.2 Å². The van der Waals surface area contributed by atoms with Crippen LogP contribution in [0, 0.1) is 0 Å². The van der Waals surface area contributed by atoms with Gasteiger partial charge in [0.15, 0.2) is 5.96 Å². The summed E-state index contributed by atoms with van der Waals surface area (Å²) in [6.07, 6.45) is 5.63. The van der Waals surface area contributed by atoms with Crippen molar-refractivity contribution in [2.75, 3.05) is 44.7 Å². The molecule has 4 rings (SSSR count). The van der Waals surface area contributed by atoms with Crippen molar-refractivity contribution in [3.63, 3.8) is 0 Å². The van der Waals surface area contributed by atoms with Gasteiger partial charge < -0.3 is 15.1 Å². The molecule has 1 aromatic heterocycles. The highest BCUT2D eigenvalue weighted by Gasteiger charge is 2.23. The van der Waals surface area contributed by atoms with Crippen molar-refractivity contribution in [3.8, 4) is 0 Å². The molecule has 2 aromatic rings. The average Bonchev–Trinajstić information content (AvgIpc) is 2.75. The number of hydrogen-bond acceptors (Lipinski definition) is 3. The molecule has 1 atom stereocenters. The number of anilines is 1. The number of pyridine rings is 1. The number of benzene rings is 1. The van der Waals surface area contributed by atoms with Gasteiger partial charge in [-0.15, -0.1) is 24.0 Å². The summed E-state index contributed by atoms with van der Waals surface area (Å²) in [4.78, 5) is 13.7. The third-order valence-corrected chi connectivity index (χ3v) is 5.76. The second-order valence-electron chi connectivity index (χ2n) is 7.38. The lowest BCUT2D eigenvalue weighted by Gasteiger charge is -2.37. The van der Waals surface area contributed by atoms with Gasteiger partial charge >= 0.3 is 0 Å². The van der Waals surface area contributed by atoms with E-state index in [1.807, 2.05) is 19.3 Å². The van der Waals surface area contributed by atoms with Crippen molar-refractivity contribution >= 4 is 35.8 Å². The minimum Gasteiger partial charge on any atom is -0.356 e. The van der Waals surface area contributed by atoms with Crippen molar-refractivity contribution in [1.82, 2.24) is 15.2 Å². The first-order valence-corrected chi connectivity index (χ1v) is 10.0. The van der Waals surface area contributed by atoms with Crippen LogP contribution in [0.3, 0.4) is 0 Å². The van der Waals surface area contributed by atoms with E-state index in [1.54, 1.807) is 0 Å². The molecule has 6 heteroatoms. The Morgan fingerprint density at radius 3 is 2.64 bits per heavy atom. The fraction of sp³-hybridized carbons (Fsp3) is 0.455. The monoisotopic (exact) mass is 491 g/mol. The van der Waals surface area contributed by atoms with Gasteiger partial charge in [0.05, 0.1) is 0 Å². The summed E-state index contributed by atoms with van der Waals surface area (Å²) in [6, 6.07) is 15.0. The summed E-state index contributed by atoms with van der Waals surface area (Å²) < 4.78 is 0. The normalized spacial score (nSPS) is 19.6. The standard InChI is InChI=1S/C22H29N5.HI/c1-23-22(25-17-19-9-6-8-18-7-2-3-10-20(18)19)27-15-13-26(14-16-27)21-11-4-5-12-24-21;/h2-5,7,10-12,19H,6,8-9,13-17H2,1H3,(H,23,25);1H. The Morgan fingerprint density at radius 1 is 1.11 bits per heavy atom. The first-order valence-electron chi connectivity index (χ1n) is 10.0. The molecule has 1 aromatic carbocycles. The van der Waals surface area contributed by atoms with E-state index in [4.69, 9.17) is 0 Å². The fourth-order valence-electron chi connectivity index (χ4n) is 4.30. The molecule has 1 aliphatic heterocycles. The second kappa shape index (κ2) is 10.1. The zero-order valence-corrected chi connectivity index (χ0v) is 18.9. The molecule has 150 valence electrons. The van der Waals surface area contributed by atoms with Crippen LogP contribution in [0.1, 0.15) is 29.9 Å². The molecular formula is C22H30IN5. The number of nitrogens with one attached hydrogen (secondary N) is 1. The number of nitrogens with zero attached hydrogens (tertiary/aromatic N) is 4. The highest BCUT2D eigenvalue weighted by Crippen LogP contribution is 2.30. The van der Waals surface area contributed by atoms with Crippen LogP contribution in [0.2, 0.25) is 0 Å². The average molecular weight is 491 g/mol. The molecule has 1 aliphatic carbocycles. The Morgan fingerprint density at radius 2 is 1.89 bits per heavy atom. The Labute approximate surface area is 185 Å². The number of aryl methyl sites for hydroxylation is 1. The lowest BCUT2D eigenvalue weighted by molar-refractivity contribution is 0.369. The van der Waals surface area contributed by atoms with Crippen LogP contribution in [-0.4, -0.2) is 55.6 Å². The molecule has 1 saturated heterocycles. The van der Waals surface area contributed by atoms with Crippen LogP contribution in [0.5, 0.6) is 0 Å². The van der Waals surface area contributed by atoms with E-state index in [-0.39, 0.29) is 24.0 Å². The number of rotatable bonds is 3. The van der Waals surface area contributed by atoms with Crippen molar-refractivity contribution in [2.24, 2.45) is 4.99 Å². The maximum Gasteiger partial charge on any atom is 0.193 e. The third-order valence-electron chi connectivity index (χ3n) is 5.76. The minimum atomic E-state index is 0. The van der Waals surface area contributed by atoms with E-state index in [9.17, 15) is 0 Å². The molecule has 0 saturated carbocycles. The van der Waals surface area contributed by atoms with Gasteiger partial charge in [0.1, 0.15) is 5.82 Å². The summed E-state index contributed by atoms with van der Waals surface area (Å²) in [7, 11) is 1.89. The topological polar surface area (TPSA) is 43.8 Å². The number of aliphatic imine (C=N–C) groups is 1. The van der Waals surface area contributed by atoms with Crippen LogP contribution in [0.4, 0.5) is 5.82 Å². The van der Waals surface area contributed by atoms with E-state index in [0.29, 0.717) is 5.92 Å². The molecule has 2 aliphatic rings. The van der Waals surface area contributed by atoms with Gasteiger partial charge in [0, 0.05) is 51.9 Å². The van der Waals surface area contributed by atoms with E-state index in [1.165, 1.54) is 30.4 Å². The van der Waals surface area contributed by atoms with E-state index in [0.717, 1.165) is 44.5 Å². The van der Waals surface area contributed by atoms with E-state index >= 15 is 0 Å². The number of guanidine groups is 1. The van der Waals surface area contributed by atoms with Crippen molar-refractivity contribution in [2.45, 2.75) is 25.2 Å². The molecule has 0 amide bonds. The smallest absolute Gasteiger partial charge is 0.193 e. The van der Waals surface area contributed by atoms with Gasteiger partial charge in [0.2, 0.25) is 0 Å². The molecule has 0 radical (unpaired) electrons. The SMILES string of the molecule is CN=C(NCC1CCCc2ccccc21)N1CCN(c2ccccn2)CC1.I. The Balaban J connectivity index is 0.00000225. The highest BCUT2D eigenvalue weighted by atomic mass is 127. The van der Waals surface area contributed by atoms with Crippen molar-refractivity contribution in [3.05, 3.63) is 59.8 Å². The maximum absolute atomic E-state index is 4.55. The molecule has 1 N–H and O–H groups in total. The predicted octanol–water partition coefficient (Wildman–Crippen LogP) is 3.52. The van der Waals surface area contributed by atoms with Crippen LogP contribution in [0.25, 0.3) is 0 Å². The number of halogens is 1. The molecule has 0 spiro atoms. The summed E-state index contributed by atoms with van der Waals surface area (Å²) in [5, 5.41) is 3.65.